The van der Waals surface area contributed by atoms with E-state index in [1.165, 1.54) is 31.5 Å². The molecule has 1 aliphatic heterocycles. The quantitative estimate of drug-likeness (QED) is 0.651. The minimum Gasteiger partial charge on any atom is -0.345 e. The van der Waals surface area contributed by atoms with Crippen molar-refractivity contribution in [3.05, 3.63) is 70.8 Å². The zero-order valence-corrected chi connectivity index (χ0v) is 14.6. The number of hydrogen-bond donors (Lipinski definition) is 1. The van der Waals surface area contributed by atoms with E-state index in [1.807, 2.05) is 31.2 Å². The predicted molar refractivity (Wildman–Crippen MR) is 98.3 cm³/mol. The molecule has 0 radical (unpaired) electrons. The Morgan fingerprint density at radius 2 is 1.52 bits per heavy atom. The highest BCUT2D eigenvalue weighted by Crippen LogP contribution is 2.13. The Hall–Kier alpha value is -2.46. The van der Waals surface area contributed by atoms with E-state index in [4.69, 9.17) is 0 Å². The van der Waals surface area contributed by atoms with E-state index < -0.39 is 11.7 Å². The number of benzene rings is 2. The summed E-state index contributed by atoms with van der Waals surface area (Å²) in [6, 6.07) is 15.3. The highest BCUT2D eigenvalue weighted by molar-refractivity contribution is 6.42. The van der Waals surface area contributed by atoms with Gasteiger partial charge >= 0.3 is 0 Å². The molecule has 2 aromatic rings. The highest BCUT2D eigenvalue weighted by atomic mass is 16.2. The molecule has 0 saturated carbocycles. The van der Waals surface area contributed by atoms with E-state index in [0.717, 1.165) is 17.7 Å². The van der Waals surface area contributed by atoms with E-state index in [0.29, 0.717) is 12.1 Å². The van der Waals surface area contributed by atoms with Crippen molar-refractivity contribution >= 4 is 11.7 Å². The number of aryl methyl sites for hydroxylation is 1. The highest BCUT2D eigenvalue weighted by Gasteiger charge is 2.15. The minimum atomic E-state index is -0.565. The van der Waals surface area contributed by atoms with Crippen LogP contribution in [0.15, 0.2) is 48.5 Å². The topological polar surface area (TPSA) is 49.4 Å². The van der Waals surface area contributed by atoms with Crippen molar-refractivity contribution in [3.63, 3.8) is 0 Å². The molecule has 1 aliphatic rings. The maximum absolute atomic E-state index is 12.1. The summed E-state index contributed by atoms with van der Waals surface area (Å²) < 4.78 is 0. The smallest absolute Gasteiger partial charge is 0.292 e. The van der Waals surface area contributed by atoms with E-state index in [2.05, 4.69) is 22.3 Å². The Morgan fingerprint density at radius 1 is 0.920 bits per heavy atom. The zero-order valence-electron chi connectivity index (χ0n) is 14.6. The predicted octanol–water partition coefficient (Wildman–Crippen LogP) is 3.09. The van der Waals surface area contributed by atoms with E-state index in [9.17, 15) is 9.59 Å². The maximum Gasteiger partial charge on any atom is 0.292 e. The molecular weight excluding hydrogens is 312 g/mol. The summed E-state index contributed by atoms with van der Waals surface area (Å²) in [6.07, 6.45) is 2.58. The molecule has 3 rings (SSSR count). The number of nitrogens with one attached hydrogen (secondary N) is 1. The molecule has 1 N–H and O–H groups in total. The normalized spacial score (nSPS) is 14.4. The van der Waals surface area contributed by atoms with E-state index in [1.54, 1.807) is 12.1 Å². The second kappa shape index (κ2) is 8.08. The molecule has 1 saturated heterocycles. The van der Waals surface area contributed by atoms with Crippen molar-refractivity contribution in [1.82, 2.24) is 10.2 Å². The van der Waals surface area contributed by atoms with Gasteiger partial charge in [0.25, 0.3) is 5.91 Å². The lowest BCUT2D eigenvalue weighted by atomic mass is 10.1. The minimum absolute atomic E-state index is 0.362. The summed E-state index contributed by atoms with van der Waals surface area (Å²) in [5.74, 6) is -1.06. The molecule has 0 atom stereocenters. The summed E-state index contributed by atoms with van der Waals surface area (Å²) in [6.45, 7) is 5.65. The van der Waals surface area contributed by atoms with Gasteiger partial charge < -0.3 is 5.32 Å². The van der Waals surface area contributed by atoms with Crippen molar-refractivity contribution in [2.45, 2.75) is 32.9 Å². The van der Waals surface area contributed by atoms with Gasteiger partial charge in [-0.15, -0.1) is 0 Å². The molecule has 1 amide bonds. The number of carbonyl (C=O) groups is 2. The van der Waals surface area contributed by atoms with Gasteiger partial charge in [0.2, 0.25) is 5.78 Å². The van der Waals surface area contributed by atoms with Crippen LogP contribution in [-0.2, 0) is 17.9 Å². The zero-order chi connectivity index (χ0) is 17.6. The lowest BCUT2D eigenvalue weighted by Crippen LogP contribution is -2.30. The third kappa shape index (κ3) is 4.77. The number of carbonyl (C=O) groups excluding carboxylic acids is 2. The Morgan fingerprint density at radius 3 is 2.16 bits per heavy atom. The summed E-state index contributed by atoms with van der Waals surface area (Å²) in [4.78, 5) is 26.6. The molecule has 0 spiro atoms. The summed E-state index contributed by atoms with van der Waals surface area (Å²) >= 11 is 0. The van der Waals surface area contributed by atoms with Gasteiger partial charge in [-0.25, -0.2) is 0 Å². The first-order valence-electron chi connectivity index (χ1n) is 8.81. The van der Waals surface area contributed by atoms with Crippen molar-refractivity contribution in [1.29, 1.82) is 0 Å². The number of likely N-dealkylation sites (tertiary alicyclic amines) is 1. The molecule has 4 nitrogen and oxygen atoms in total. The van der Waals surface area contributed by atoms with Gasteiger partial charge in [0, 0.05) is 18.7 Å². The summed E-state index contributed by atoms with van der Waals surface area (Å²) in [5, 5.41) is 2.71. The molecule has 0 unspecified atom stereocenters. The van der Waals surface area contributed by atoms with Crippen LogP contribution >= 0.6 is 0 Å². The first kappa shape index (κ1) is 17.4. The largest absolute Gasteiger partial charge is 0.345 e. The van der Waals surface area contributed by atoms with Gasteiger partial charge in [0.05, 0.1) is 0 Å². The van der Waals surface area contributed by atoms with Crippen LogP contribution in [0.25, 0.3) is 0 Å². The van der Waals surface area contributed by atoms with Gasteiger partial charge in [0.1, 0.15) is 0 Å². The third-order valence-corrected chi connectivity index (χ3v) is 4.60. The Labute approximate surface area is 148 Å². The van der Waals surface area contributed by atoms with Crippen molar-refractivity contribution in [2.75, 3.05) is 13.1 Å². The monoisotopic (exact) mass is 336 g/mol. The molecule has 0 bridgehead atoms. The Balaban J connectivity index is 1.51. The lowest BCUT2D eigenvalue weighted by Gasteiger charge is -2.14. The van der Waals surface area contributed by atoms with Crippen LogP contribution in [-0.4, -0.2) is 29.7 Å². The first-order valence-corrected chi connectivity index (χ1v) is 8.81. The average Bonchev–Trinajstić information content (AvgIpc) is 3.14. The number of Topliss-reactive ketones (excluding diaryl/α,β-unsaturated/α-hetero) is 1. The molecular formula is C21H24N2O2. The maximum atomic E-state index is 12.1. The van der Waals surface area contributed by atoms with Crippen LogP contribution in [0.1, 0.15) is 39.9 Å². The SMILES string of the molecule is Cc1ccc(C(=O)C(=O)NCc2ccc(CN3CCCC3)cc2)cc1. The second-order valence-corrected chi connectivity index (χ2v) is 6.68. The number of amides is 1. The van der Waals surface area contributed by atoms with Crippen LogP contribution in [0.4, 0.5) is 0 Å². The molecule has 130 valence electrons. The summed E-state index contributed by atoms with van der Waals surface area (Å²) in [7, 11) is 0. The van der Waals surface area contributed by atoms with Gasteiger partial charge in [-0.05, 0) is 44.0 Å². The van der Waals surface area contributed by atoms with Crippen molar-refractivity contribution < 1.29 is 9.59 Å². The van der Waals surface area contributed by atoms with Crippen LogP contribution in [0.3, 0.4) is 0 Å². The van der Waals surface area contributed by atoms with Crippen LogP contribution in [0, 0.1) is 6.92 Å². The molecule has 25 heavy (non-hydrogen) atoms. The number of nitrogens with zero attached hydrogens (tertiary/aromatic N) is 1. The van der Waals surface area contributed by atoms with Gasteiger partial charge in [-0.2, -0.15) is 0 Å². The molecule has 1 heterocycles. The van der Waals surface area contributed by atoms with E-state index in [-0.39, 0.29) is 0 Å². The number of rotatable bonds is 6. The van der Waals surface area contributed by atoms with Crippen LogP contribution in [0.2, 0.25) is 0 Å². The standard InChI is InChI=1S/C21H24N2O2/c1-16-4-10-19(11-5-16)20(24)21(25)22-14-17-6-8-18(9-7-17)15-23-12-2-3-13-23/h4-11H,2-3,12-15H2,1H3,(H,22,25). The Kier molecular flexibility index (Phi) is 5.61. The van der Waals surface area contributed by atoms with Crippen LogP contribution < -0.4 is 5.32 Å². The fourth-order valence-electron chi connectivity index (χ4n) is 3.06. The summed E-state index contributed by atoms with van der Waals surface area (Å²) in [5.41, 5.74) is 3.76. The number of ketones is 1. The van der Waals surface area contributed by atoms with E-state index >= 15 is 0 Å². The van der Waals surface area contributed by atoms with Gasteiger partial charge in [-0.3, -0.25) is 14.5 Å². The fourth-order valence-corrected chi connectivity index (χ4v) is 3.06. The fraction of sp³-hybridized carbons (Fsp3) is 0.333. The molecule has 0 aliphatic carbocycles. The molecule has 0 aromatic heterocycles. The molecule has 4 heteroatoms. The van der Waals surface area contributed by atoms with Gasteiger partial charge in [0.15, 0.2) is 0 Å². The molecule has 1 fully saturated rings. The Bertz CT molecular complexity index is 729. The average molecular weight is 336 g/mol. The van der Waals surface area contributed by atoms with Crippen molar-refractivity contribution in [2.24, 2.45) is 0 Å². The molecule has 2 aromatic carbocycles. The second-order valence-electron chi connectivity index (χ2n) is 6.68. The lowest BCUT2D eigenvalue weighted by molar-refractivity contribution is -0.117. The van der Waals surface area contributed by atoms with Crippen LogP contribution in [0.5, 0.6) is 0 Å². The third-order valence-electron chi connectivity index (χ3n) is 4.60. The number of hydrogen-bond acceptors (Lipinski definition) is 3. The first-order chi connectivity index (χ1) is 12.1. The van der Waals surface area contributed by atoms with Crippen molar-refractivity contribution in [3.8, 4) is 0 Å². The van der Waals surface area contributed by atoms with Gasteiger partial charge in [-0.1, -0.05) is 54.1 Å².